The van der Waals surface area contributed by atoms with Crippen molar-refractivity contribution in [3.05, 3.63) is 64.7 Å². The van der Waals surface area contributed by atoms with Crippen LogP contribution >= 0.6 is 11.6 Å². The summed E-state index contributed by atoms with van der Waals surface area (Å²) in [4.78, 5) is 18.4. The van der Waals surface area contributed by atoms with Gasteiger partial charge in [-0.3, -0.25) is 9.89 Å². The molecule has 0 spiro atoms. The third-order valence-electron chi connectivity index (χ3n) is 4.05. The Morgan fingerprint density at radius 3 is 2.80 bits per heavy atom. The summed E-state index contributed by atoms with van der Waals surface area (Å²) >= 11 is 6.21. The third-order valence-corrected chi connectivity index (χ3v) is 4.29. The normalized spacial score (nSPS) is 16.1. The predicted molar refractivity (Wildman–Crippen MR) is 101 cm³/mol. The Bertz CT molecular complexity index is 793. The van der Waals surface area contributed by atoms with E-state index in [9.17, 15) is 4.79 Å². The molecule has 130 valence electrons. The van der Waals surface area contributed by atoms with E-state index >= 15 is 0 Å². The molecule has 0 fully saturated rings. The molecule has 3 rings (SSSR count). The van der Waals surface area contributed by atoms with E-state index in [-0.39, 0.29) is 12.3 Å². The minimum atomic E-state index is -0.381. The van der Waals surface area contributed by atoms with Crippen molar-refractivity contribution in [1.82, 2.24) is 4.90 Å². The van der Waals surface area contributed by atoms with Crippen LogP contribution in [-0.2, 0) is 4.74 Å². The molecule has 1 aliphatic rings. The van der Waals surface area contributed by atoms with E-state index < -0.39 is 0 Å². The molecule has 0 bridgehead atoms. The number of benzene rings is 2. The minimum absolute atomic E-state index is 0.305. The van der Waals surface area contributed by atoms with Gasteiger partial charge < -0.3 is 10.1 Å². The maximum atomic E-state index is 12.1. The fourth-order valence-corrected chi connectivity index (χ4v) is 2.91. The Morgan fingerprint density at radius 2 is 2.08 bits per heavy atom. The molecule has 5 nitrogen and oxygen atoms in total. The molecule has 1 atom stereocenters. The van der Waals surface area contributed by atoms with Crippen LogP contribution in [0.5, 0.6) is 0 Å². The molecule has 0 aliphatic carbocycles. The van der Waals surface area contributed by atoms with Crippen molar-refractivity contribution < 1.29 is 9.53 Å². The number of nitrogens with zero attached hydrogens (tertiary/aromatic N) is 2. The number of halogens is 1. The fraction of sp³-hybridized carbons (Fsp3) is 0.263. The molecular weight excluding hydrogens is 338 g/mol. The first kappa shape index (κ1) is 17.3. The Labute approximate surface area is 152 Å². The number of benzodiazepines with no additional fused rings is 1. The van der Waals surface area contributed by atoms with E-state index in [1.54, 1.807) is 14.0 Å². The topological polar surface area (TPSA) is 53.9 Å². The second-order valence-electron chi connectivity index (χ2n) is 5.72. The summed E-state index contributed by atoms with van der Waals surface area (Å²) in [5.41, 5.74) is 3.65. The number of hydrogen-bond donors (Lipinski definition) is 1. The first-order chi connectivity index (χ1) is 12.1. The van der Waals surface area contributed by atoms with Crippen LogP contribution in [0, 0.1) is 0 Å². The number of hydrogen-bond acceptors (Lipinski definition) is 4. The van der Waals surface area contributed by atoms with E-state index in [0.29, 0.717) is 18.2 Å². The Kier molecular flexibility index (Phi) is 5.24. The van der Waals surface area contributed by atoms with Gasteiger partial charge in [0.15, 0.2) is 0 Å². The highest BCUT2D eigenvalue weighted by Gasteiger charge is 2.25. The summed E-state index contributed by atoms with van der Waals surface area (Å²) in [5.74, 6) is 0. The van der Waals surface area contributed by atoms with Gasteiger partial charge in [0.2, 0.25) is 0 Å². The summed E-state index contributed by atoms with van der Waals surface area (Å²) in [5, 5.41) is 4.02. The molecular formula is C19H20ClN3O2. The highest BCUT2D eigenvalue weighted by molar-refractivity contribution is 6.31. The number of aliphatic imine (C=N–C) groups is 1. The van der Waals surface area contributed by atoms with E-state index in [2.05, 4.69) is 5.32 Å². The molecule has 1 aliphatic heterocycles. The lowest BCUT2D eigenvalue weighted by molar-refractivity contribution is 0.107. The van der Waals surface area contributed by atoms with Gasteiger partial charge in [0.25, 0.3) is 0 Å². The van der Waals surface area contributed by atoms with Crippen molar-refractivity contribution in [1.29, 1.82) is 0 Å². The Hall–Kier alpha value is -2.53. The summed E-state index contributed by atoms with van der Waals surface area (Å²) in [7, 11) is 1.70. The highest BCUT2D eigenvalue weighted by atomic mass is 35.5. The molecule has 6 heteroatoms. The first-order valence-corrected chi connectivity index (χ1v) is 8.54. The zero-order valence-electron chi connectivity index (χ0n) is 14.2. The number of ether oxygens (including phenoxy) is 1. The number of rotatable bonds is 3. The molecule has 2 aromatic carbocycles. The lowest BCUT2D eigenvalue weighted by Gasteiger charge is -2.27. The number of nitrogens with one attached hydrogen (secondary N) is 1. The van der Waals surface area contributed by atoms with Gasteiger partial charge in [0.05, 0.1) is 18.9 Å². The lowest BCUT2D eigenvalue weighted by atomic mass is 10.0. The van der Waals surface area contributed by atoms with Gasteiger partial charge >= 0.3 is 6.09 Å². The molecule has 25 heavy (non-hydrogen) atoms. The summed E-state index contributed by atoms with van der Waals surface area (Å²) in [6.07, 6.45) is -0.686. The fourth-order valence-electron chi connectivity index (χ4n) is 2.74. The molecule has 1 N–H and O–H groups in total. The van der Waals surface area contributed by atoms with Crippen LogP contribution in [0.15, 0.2) is 53.5 Å². The zero-order valence-corrected chi connectivity index (χ0v) is 15.0. The minimum Gasteiger partial charge on any atom is -0.450 e. The second-order valence-corrected chi connectivity index (χ2v) is 6.15. The Balaban J connectivity index is 2.00. The SMILES string of the molecule is CCOC(=O)N(C)C1CN=C(c2ccccc2)c2cc(Cl)ccc2N1. The molecule has 0 radical (unpaired) electrons. The van der Waals surface area contributed by atoms with E-state index in [1.165, 1.54) is 4.90 Å². The molecule has 0 saturated heterocycles. The van der Waals surface area contributed by atoms with Crippen LogP contribution in [0.1, 0.15) is 18.1 Å². The maximum absolute atomic E-state index is 12.1. The van der Waals surface area contributed by atoms with Crippen molar-refractivity contribution in [3.63, 3.8) is 0 Å². The molecule has 0 saturated carbocycles. The maximum Gasteiger partial charge on any atom is 0.411 e. The summed E-state index contributed by atoms with van der Waals surface area (Å²) < 4.78 is 5.09. The third kappa shape index (κ3) is 3.77. The molecule has 2 aromatic rings. The summed E-state index contributed by atoms with van der Waals surface area (Å²) in [6, 6.07) is 15.6. The predicted octanol–water partition coefficient (Wildman–Crippen LogP) is 4.02. The van der Waals surface area contributed by atoms with Gasteiger partial charge in [-0.1, -0.05) is 41.9 Å². The monoisotopic (exact) mass is 357 g/mol. The second kappa shape index (κ2) is 7.57. The van der Waals surface area contributed by atoms with E-state index in [4.69, 9.17) is 21.3 Å². The smallest absolute Gasteiger partial charge is 0.411 e. The first-order valence-electron chi connectivity index (χ1n) is 8.16. The van der Waals surface area contributed by atoms with Crippen LogP contribution in [0.2, 0.25) is 5.02 Å². The van der Waals surface area contributed by atoms with E-state index in [1.807, 2.05) is 48.5 Å². The van der Waals surface area contributed by atoms with Crippen LogP contribution in [0.25, 0.3) is 0 Å². The van der Waals surface area contributed by atoms with Gasteiger partial charge in [-0.15, -0.1) is 0 Å². The summed E-state index contributed by atoms with van der Waals surface area (Å²) in [6.45, 7) is 2.53. The van der Waals surface area contributed by atoms with Crippen molar-refractivity contribution in [2.45, 2.75) is 13.1 Å². The molecule has 0 aromatic heterocycles. The molecule has 1 heterocycles. The number of likely N-dealkylation sites (N-methyl/N-ethyl adjacent to an activating group) is 1. The van der Waals surface area contributed by atoms with Crippen LogP contribution in [-0.4, -0.2) is 43.1 Å². The van der Waals surface area contributed by atoms with Crippen molar-refractivity contribution >= 4 is 29.1 Å². The standard InChI is InChI=1S/C19H20ClN3O2/c1-3-25-19(24)23(2)17-12-21-18(13-7-5-4-6-8-13)15-11-14(20)9-10-16(15)22-17/h4-11,17,22H,3,12H2,1-2H3. The van der Waals surface area contributed by atoms with Gasteiger partial charge in [-0.25, -0.2) is 4.79 Å². The Morgan fingerprint density at radius 1 is 1.32 bits per heavy atom. The van der Waals surface area contributed by atoms with Crippen LogP contribution < -0.4 is 5.32 Å². The van der Waals surface area contributed by atoms with Gasteiger partial charge in [-0.05, 0) is 25.1 Å². The van der Waals surface area contributed by atoms with Crippen LogP contribution in [0.3, 0.4) is 0 Å². The average molecular weight is 358 g/mol. The number of carbonyl (C=O) groups excluding carboxylic acids is 1. The van der Waals surface area contributed by atoms with Crippen LogP contribution in [0.4, 0.5) is 10.5 Å². The number of fused-ring (bicyclic) bond motifs is 1. The number of anilines is 1. The average Bonchev–Trinajstić information content (AvgIpc) is 2.81. The van der Waals surface area contributed by atoms with E-state index in [0.717, 1.165) is 22.5 Å². The van der Waals surface area contributed by atoms with Crippen molar-refractivity contribution in [3.8, 4) is 0 Å². The quantitative estimate of drug-likeness (QED) is 0.902. The number of carbonyl (C=O) groups is 1. The zero-order chi connectivity index (χ0) is 17.8. The molecule has 1 unspecified atom stereocenters. The molecule has 1 amide bonds. The van der Waals surface area contributed by atoms with Gasteiger partial charge in [-0.2, -0.15) is 0 Å². The number of amides is 1. The van der Waals surface area contributed by atoms with Gasteiger partial charge in [0, 0.05) is 28.9 Å². The van der Waals surface area contributed by atoms with Crippen molar-refractivity contribution in [2.75, 3.05) is 25.5 Å². The van der Waals surface area contributed by atoms with Gasteiger partial charge in [0.1, 0.15) is 6.17 Å². The lowest BCUT2D eigenvalue weighted by Crippen LogP contribution is -2.44. The largest absolute Gasteiger partial charge is 0.450 e. The van der Waals surface area contributed by atoms with Crippen molar-refractivity contribution in [2.24, 2.45) is 4.99 Å². The highest BCUT2D eigenvalue weighted by Crippen LogP contribution is 2.27.